The summed E-state index contributed by atoms with van der Waals surface area (Å²) in [4.78, 5) is 11.4. The van der Waals surface area contributed by atoms with Crippen LogP contribution in [-0.2, 0) is 4.79 Å². The van der Waals surface area contributed by atoms with Gasteiger partial charge in [0, 0.05) is 13.0 Å². The summed E-state index contributed by atoms with van der Waals surface area (Å²) in [5, 5.41) is 3.22. The summed E-state index contributed by atoms with van der Waals surface area (Å²) in [5.41, 5.74) is 4.95. The summed E-state index contributed by atoms with van der Waals surface area (Å²) in [6.45, 7) is 0.680. The maximum Gasteiger partial charge on any atom is 0.237 e. The van der Waals surface area contributed by atoms with Crippen molar-refractivity contribution >= 4 is 5.91 Å². The van der Waals surface area contributed by atoms with Gasteiger partial charge in [-0.15, -0.1) is 12.3 Å². The zero-order valence-electron chi connectivity index (χ0n) is 8.51. The Morgan fingerprint density at radius 1 is 1.43 bits per heavy atom. The van der Waals surface area contributed by atoms with Crippen molar-refractivity contribution in [2.45, 2.75) is 44.1 Å². The third-order valence-corrected chi connectivity index (χ3v) is 2.91. The standard InChI is InChI=1S/C11H18N2O/c1-2-3-9-13-11(10(12)14)7-5-4-6-8-11/h1,13H,3-9H2,(H2,12,14). The molecule has 1 aliphatic rings. The van der Waals surface area contributed by atoms with E-state index in [9.17, 15) is 4.79 Å². The topological polar surface area (TPSA) is 55.1 Å². The molecular weight excluding hydrogens is 176 g/mol. The molecule has 3 N–H and O–H groups in total. The fourth-order valence-corrected chi connectivity index (χ4v) is 2.04. The number of amides is 1. The minimum absolute atomic E-state index is 0.228. The SMILES string of the molecule is C#CCCNC1(C(N)=O)CCCCC1. The van der Waals surface area contributed by atoms with Gasteiger partial charge in [-0.25, -0.2) is 0 Å². The molecule has 0 spiro atoms. The average Bonchev–Trinajstić information content (AvgIpc) is 2.19. The van der Waals surface area contributed by atoms with Crippen LogP contribution in [0.3, 0.4) is 0 Å². The fraction of sp³-hybridized carbons (Fsp3) is 0.727. The molecule has 0 aromatic heterocycles. The second-order valence-corrected chi connectivity index (χ2v) is 3.89. The molecule has 1 rings (SSSR count). The molecule has 0 heterocycles. The monoisotopic (exact) mass is 194 g/mol. The number of hydrogen-bond donors (Lipinski definition) is 2. The highest BCUT2D eigenvalue weighted by atomic mass is 16.1. The van der Waals surface area contributed by atoms with E-state index >= 15 is 0 Å². The zero-order chi connectivity index (χ0) is 10.4. The molecule has 0 radical (unpaired) electrons. The molecule has 0 unspecified atom stereocenters. The van der Waals surface area contributed by atoms with Crippen LogP contribution in [0.4, 0.5) is 0 Å². The molecule has 14 heavy (non-hydrogen) atoms. The van der Waals surface area contributed by atoms with E-state index in [1.54, 1.807) is 0 Å². The molecule has 1 saturated carbocycles. The molecule has 78 valence electrons. The Hall–Kier alpha value is -1.01. The van der Waals surface area contributed by atoms with Gasteiger partial charge < -0.3 is 11.1 Å². The predicted molar refractivity (Wildman–Crippen MR) is 56.5 cm³/mol. The van der Waals surface area contributed by atoms with Crippen molar-refractivity contribution in [3.8, 4) is 12.3 Å². The lowest BCUT2D eigenvalue weighted by Gasteiger charge is -2.35. The molecular formula is C11H18N2O. The van der Waals surface area contributed by atoms with Gasteiger partial charge in [-0.1, -0.05) is 19.3 Å². The highest BCUT2D eigenvalue weighted by Crippen LogP contribution is 2.27. The number of primary amides is 1. The summed E-state index contributed by atoms with van der Waals surface area (Å²) < 4.78 is 0. The van der Waals surface area contributed by atoms with Gasteiger partial charge in [-0.05, 0) is 12.8 Å². The summed E-state index contributed by atoms with van der Waals surface area (Å²) in [7, 11) is 0. The maximum absolute atomic E-state index is 11.4. The Kier molecular flexibility index (Phi) is 3.97. The first kappa shape index (κ1) is 11.1. The van der Waals surface area contributed by atoms with Crippen LogP contribution in [0.1, 0.15) is 38.5 Å². The number of carbonyl (C=O) groups is 1. The third-order valence-electron chi connectivity index (χ3n) is 2.91. The number of nitrogens with one attached hydrogen (secondary N) is 1. The van der Waals surface area contributed by atoms with Crippen molar-refractivity contribution < 1.29 is 4.79 Å². The Morgan fingerprint density at radius 3 is 2.57 bits per heavy atom. The second kappa shape index (κ2) is 5.02. The van der Waals surface area contributed by atoms with Crippen molar-refractivity contribution in [3.63, 3.8) is 0 Å². The molecule has 0 aromatic rings. The van der Waals surface area contributed by atoms with Gasteiger partial charge in [0.25, 0.3) is 0 Å². The van der Waals surface area contributed by atoms with Gasteiger partial charge in [0.15, 0.2) is 0 Å². The van der Waals surface area contributed by atoms with E-state index in [1.807, 2.05) is 0 Å². The van der Waals surface area contributed by atoms with Crippen molar-refractivity contribution in [2.24, 2.45) is 5.73 Å². The summed E-state index contributed by atoms with van der Waals surface area (Å²) >= 11 is 0. The van der Waals surface area contributed by atoms with E-state index in [0.717, 1.165) is 25.7 Å². The van der Waals surface area contributed by atoms with Crippen LogP contribution in [-0.4, -0.2) is 18.0 Å². The quantitative estimate of drug-likeness (QED) is 0.513. The van der Waals surface area contributed by atoms with Crippen LogP contribution in [0, 0.1) is 12.3 Å². The van der Waals surface area contributed by atoms with Crippen LogP contribution >= 0.6 is 0 Å². The van der Waals surface area contributed by atoms with Gasteiger partial charge in [-0.3, -0.25) is 4.79 Å². The summed E-state index contributed by atoms with van der Waals surface area (Å²) in [6.07, 6.45) is 10.9. The molecule has 3 nitrogen and oxygen atoms in total. The number of rotatable bonds is 4. The van der Waals surface area contributed by atoms with Gasteiger partial charge in [0.1, 0.15) is 0 Å². The first-order valence-corrected chi connectivity index (χ1v) is 5.20. The van der Waals surface area contributed by atoms with Gasteiger partial charge in [0.05, 0.1) is 5.54 Å². The molecule has 0 aliphatic heterocycles. The van der Waals surface area contributed by atoms with E-state index in [4.69, 9.17) is 12.2 Å². The summed E-state index contributed by atoms with van der Waals surface area (Å²) in [6, 6.07) is 0. The van der Waals surface area contributed by atoms with Gasteiger partial charge in [-0.2, -0.15) is 0 Å². The van der Waals surface area contributed by atoms with E-state index in [2.05, 4.69) is 11.2 Å². The number of nitrogens with two attached hydrogens (primary N) is 1. The Morgan fingerprint density at radius 2 is 2.07 bits per heavy atom. The maximum atomic E-state index is 11.4. The van der Waals surface area contributed by atoms with Crippen molar-refractivity contribution in [1.82, 2.24) is 5.32 Å². The Labute approximate surface area is 85.4 Å². The molecule has 1 fully saturated rings. The third kappa shape index (κ3) is 2.49. The normalized spacial score (nSPS) is 19.9. The lowest BCUT2D eigenvalue weighted by atomic mass is 9.81. The molecule has 0 bridgehead atoms. The van der Waals surface area contributed by atoms with E-state index < -0.39 is 5.54 Å². The highest BCUT2D eigenvalue weighted by molar-refractivity contribution is 5.84. The molecule has 0 atom stereocenters. The van der Waals surface area contributed by atoms with Crippen molar-refractivity contribution in [1.29, 1.82) is 0 Å². The summed E-state index contributed by atoms with van der Waals surface area (Å²) in [5.74, 6) is 2.32. The van der Waals surface area contributed by atoms with Crippen LogP contribution in [0.2, 0.25) is 0 Å². The number of hydrogen-bond acceptors (Lipinski definition) is 2. The van der Waals surface area contributed by atoms with Crippen LogP contribution < -0.4 is 11.1 Å². The Bertz CT molecular complexity index is 236. The van der Waals surface area contributed by atoms with Crippen LogP contribution in [0.25, 0.3) is 0 Å². The molecule has 1 aliphatic carbocycles. The van der Waals surface area contributed by atoms with E-state index in [1.165, 1.54) is 6.42 Å². The number of terminal acetylenes is 1. The van der Waals surface area contributed by atoms with E-state index in [0.29, 0.717) is 13.0 Å². The first-order valence-electron chi connectivity index (χ1n) is 5.20. The van der Waals surface area contributed by atoms with Crippen LogP contribution in [0.5, 0.6) is 0 Å². The van der Waals surface area contributed by atoms with Gasteiger partial charge >= 0.3 is 0 Å². The highest BCUT2D eigenvalue weighted by Gasteiger charge is 2.36. The molecule has 0 saturated heterocycles. The fourth-order valence-electron chi connectivity index (χ4n) is 2.04. The lowest BCUT2D eigenvalue weighted by Crippen LogP contribution is -2.56. The second-order valence-electron chi connectivity index (χ2n) is 3.89. The zero-order valence-corrected chi connectivity index (χ0v) is 8.51. The predicted octanol–water partition coefficient (Wildman–Crippen LogP) is 0.787. The average molecular weight is 194 g/mol. The lowest BCUT2D eigenvalue weighted by molar-refractivity contribution is -0.125. The minimum atomic E-state index is -0.477. The van der Waals surface area contributed by atoms with Crippen molar-refractivity contribution in [2.75, 3.05) is 6.54 Å². The van der Waals surface area contributed by atoms with Crippen LogP contribution in [0.15, 0.2) is 0 Å². The van der Waals surface area contributed by atoms with Crippen molar-refractivity contribution in [3.05, 3.63) is 0 Å². The Balaban J connectivity index is 2.53. The largest absolute Gasteiger partial charge is 0.368 e. The van der Waals surface area contributed by atoms with E-state index in [-0.39, 0.29) is 5.91 Å². The number of carbonyl (C=O) groups excluding carboxylic acids is 1. The first-order chi connectivity index (χ1) is 6.71. The molecule has 0 aromatic carbocycles. The minimum Gasteiger partial charge on any atom is -0.368 e. The molecule has 3 heteroatoms. The van der Waals surface area contributed by atoms with Gasteiger partial charge in [0.2, 0.25) is 5.91 Å². The molecule has 1 amide bonds. The smallest absolute Gasteiger partial charge is 0.237 e.